The summed E-state index contributed by atoms with van der Waals surface area (Å²) in [5, 5.41) is 6.03. The van der Waals surface area contributed by atoms with Gasteiger partial charge in [0.25, 0.3) is 0 Å². The van der Waals surface area contributed by atoms with Crippen molar-refractivity contribution in [3.8, 4) is 45.1 Å². The third-order valence-corrected chi connectivity index (χ3v) is 10.7. The van der Waals surface area contributed by atoms with Crippen LogP contribution in [0, 0.1) is 0 Å². The van der Waals surface area contributed by atoms with Crippen LogP contribution >= 0.6 is 0 Å². The maximum atomic E-state index is 5.10. The minimum atomic E-state index is 0.729. The van der Waals surface area contributed by atoms with E-state index in [2.05, 4.69) is 179 Å². The van der Waals surface area contributed by atoms with Crippen LogP contribution in [0.5, 0.6) is 0 Å². The van der Waals surface area contributed by atoms with Crippen molar-refractivity contribution in [2.24, 2.45) is 0 Å². The van der Waals surface area contributed by atoms with Gasteiger partial charge in [-0.2, -0.15) is 0 Å². The van der Waals surface area contributed by atoms with Crippen LogP contribution in [0.1, 0.15) is 0 Å². The monoisotopic (exact) mass is 688 g/mol. The fourth-order valence-electron chi connectivity index (χ4n) is 8.24. The van der Waals surface area contributed by atoms with E-state index in [9.17, 15) is 0 Å². The molecule has 0 unspecified atom stereocenters. The lowest BCUT2D eigenvalue weighted by molar-refractivity contribution is 1.18. The number of hydrogen-bond acceptors (Lipinski definition) is 2. The molecule has 0 saturated carbocycles. The second-order valence-corrected chi connectivity index (χ2v) is 13.8. The van der Waals surface area contributed by atoms with E-state index in [-0.39, 0.29) is 0 Å². The van der Waals surface area contributed by atoms with Crippen molar-refractivity contribution >= 4 is 54.5 Å². The summed E-state index contributed by atoms with van der Waals surface area (Å²) in [4.78, 5) is 10.0. The highest BCUT2D eigenvalue weighted by Gasteiger charge is 2.17. The van der Waals surface area contributed by atoms with Crippen molar-refractivity contribution < 1.29 is 0 Å². The molecule has 54 heavy (non-hydrogen) atoms. The summed E-state index contributed by atoms with van der Waals surface area (Å²) >= 11 is 0. The van der Waals surface area contributed by atoms with Gasteiger partial charge in [0.15, 0.2) is 5.82 Å². The van der Waals surface area contributed by atoms with Crippen LogP contribution in [0.3, 0.4) is 0 Å². The Morgan fingerprint density at radius 2 is 0.815 bits per heavy atom. The van der Waals surface area contributed by atoms with E-state index in [0.717, 1.165) is 44.9 Å². The summed E-state index contributed by atoms with van der Waals surface area (Å²) in [6.45, 7) is 0. The molecule has 0 bridgehead atoms. The molecular weight excluding hydrogens is 657 g/mol. The zero-order valence-corrected chi connectivity index (χ0v) is 29.3. The molecule has 0 radical (unpaired) electrons. The molecule has 4 heteroatoms. The van der Waals surface area contributed by atoms with Crippen LogP contribution in [-0.4, -0.2) is 19.1 Å². The van der Waals surface area contributed by atoms with Gasteiger partial charge in [0.1, 0.15) is 0 Å². The second-order valence-electron chi connectivity index (χ2n) is 13.8. The first-order chi connectivity index (χ1) is 26.8. The van der Waals surface area contributed by atoms with Crippen molar-refractivity contribution in [3.05, 3.63) is 194 Å². The predicted molar refractivity (Wildman–Crippen MR) is 225 cm³/mol. The smallest absolute Gasteiger partial charge is 0.160 e. The van der Waals surface area contributed by atoms with E-state index in [1.807, 2.05) is 24.3 Å². The molecule has 0 N–H and O–H groups in total. The van der Waals surface area contributed by atoms with Crippen LogP contribution in [0.15, 0.2) is 194 Å². The van der Waals surface area contributed by atoms with Gasteiger partial charge in [-0.25, -0.2) is 9.97 Å². The summed E-state index contributed by atoms with van der Waals surface area (Å²) in [5.41, 5.74) is 13.3. The summed E-state index contributed by atoms with van der Waals surface area (Å²) in [5.74, 6) is 0.729. The Morgan fingerprint density at radius 3 is 1.52 bits per heavy atom. The largest absolute Gasteiger partial charge is 0.309 e. The lowest BCUT2D eigenvalue weighted by Crippen LogP contribution is -1.96. The molecule has 4 nitrogen and oxygen atoms in total. The molecule has 8 aromatic carbocycles. The van der Waals surface area contributed by atoms with Gasteiger partial charge < -0.3 is 9.13 Å². The van der Waals surface area contributed by atoms with Gasteiger partial charge in [-0.05, 0) is 71.8 Å². The van der Waals surface area contributed by atoms with E-state index in [0.29, 0.717) is 0 Å². The average molecular weight is 689 g/mol. The average Bonchev–Trinajstić information content (AvgIpc) is 3.76. The quantitative estimate of drug-likeness (QED) is 0.180. The Balaban J connectivity index is 1.02. The van der Waals surface area contributed by atoms with Crippen molar-refractivity contribution in [2.45, 2.75) is 0 Å². The summed E-state index contributed by atoms with van der Waals surface area (Å²) in [6.07, 6.45) is 0. The van der Waals surface area contributed by atoms with Crippen LogP contribution in [-0.2, 0) is 0 Å². The van der Waals surface area contributed by atoms with Gasteiger partial charge in [-0.3, -0.25) is 0 Å². The molecule has 0 amide bonds. The molecule has 0 fully saturated rings. The van der Waals surface area contributed by atoms with Crippen molar-refractivity contribution in [2.75, 3.05) is 0 Å². The minimum Gasteiger partial charge on any atom is -0.309 e. The first-order valence-corrected chi connectivity index (χ1v) is 18.3. The highest BCUT2D eigenvalue weighted by atomic mass is 15.0. The van der Waals surface area contributed by atoms with Crippen LogP contribution in [0.4, 0.5) is 0 Å². The highest BCUT2D eigenvalue weighted by Crippen LogP contribution is 2.38. The van der Waals surface area contributed by atoms with Gasteiger partial charge in [0.2, 0.25) is 0 Å². The molecule has 0 aliphatic heterocycles. The molecular formula is C50H32N4. The Kier molecular flexibility index (Phi) is 6.82. The fraction of sp³-hybridized carbons (Fsp3) is 0. The summed E-state index contributed by atoms with van der Waals surface area (Å²) in [6, 6.07) is 69.1. The van der Waals surface area contributed by atoms with Crippen LogP contribution < -0.4 is 0 Å². The Bertz CT molecular complexity index is 3150. The standard InChI is InChI=1S/C50H32N4/c1-2-13-34(14-3-1)50-51-44-21-8-4-20-42(44)49(52-50)33-25-28-37(29-26-33)53-47-24-11-7-19-41(47)43-32-36(27-30-48(43)53)35-15-12-16-38(31-35)54-45-22-9-5-17-39(45)40-18-6-10-23-46(40)54/h1-32H. The number of aromatic nitrogens is 4. The molecule has 0 spiro atoms. The van der Waals surface area contributed by atoms with Crippen LogP contribution in [0.25, 0.3) is 99.7 Å². The molecule has 252 valence electrons. The van der Waals surface area contributed by atoms with Gasteiger partial charge in [0, 0.05) is 49.4 Å². The highest BCUT2D eigenvalue weighted by molar-refractivity contribution is 6.11. The maximum absolute atomic E-state index is 5.10. The lowest BCUT2D eigenvalue weighted by atomic mass is 10.0. The first-order valence-electron chi connectivity index (χ1n) is 18.3. The van der Waals surface area contributed by atoms with Crippen molar-refractivity contribution in [1.29, 1.82) is 0 Å². The number of rotatable bonds is 5. The van der Waals surface area contributed by atoms with Gasteiger partial charge in [-0.15, -0.1) is 0 Å². The molecule has 3 aromatic heterocycles. The topological polar surface area (TPSA) is 35.6 Å². The number of fused-ring (bicyclic) bond motifs is 7. The number of para-hydroxylation sites is 4. The third kappa shape index (κ3) is 4.78. The molecule has 0 aliphatic rings. The lowest BCUT2D eigenvalue weighted by Gasteiger charge is -2.12. The van der Waals surface area contributed by atoms with E-state index < -0.39 is 0 Å². The number of benzene rings is 8. The van der Waals surface area contributed by atoms with E-state index in [1.165, 1.54) is 54.7 Å². The molecule has 11 rings (SSSR count). The van der Waals surface area contributed by atoms with Crippen LogP contribution in [0.2, 0.25) is 0 Å². The minimum absolute atomic E-state index is 0.729. The zero-order valence-electron chi connectivity index (χ0n) is 29.3. The van der Waals surface area contributed by atoms with Gasteiger partial charge in [0.05, 0.1) is 33.3 Å². The first kappa shape index (κ1) is 30.3. The number of nitrogens with zero attached hydrogens (tertiary/aromatic N) is 4. The Labute approximate surface area is 311 Å². The molecule has 11 aromatic rings. The predicted octanol–water partition coefficient (Wildman–Crippen LogP) is 12.8. The Morgan fingerprint density at radius 1 is 0.296 bits per heavy atom. The molecule has 0 aliphatic carbocycles. The van der Waals surface area contributed by atoms with E-state index in [4.69, 9.17) is 9.97 Å². The van der Waals surface area contributed by atoms with Crippen molar-refractivity contribution in [1.82, 2.24) is 19.1 Å². The molecule has 0 saturated heterocycles. The SMILES string of the molecule is c1ccc(-c2nc(-c3ccc(-n4c5ccccc5c5cc(-c6cccc(-n7c8ccccc8c8ccccc87)c6)ccc54)cc3)c3ccccc3n2)cc1. The summed E-state index contributed by atoms with van der Waals surface area (Å²) in [7, 11) is 0. The summed E-state index contributed by atoms with van der Waals surface area (Å²) < 4.78 is 4.76. The number of hydrogen-bond donors (Lipinski definition) is 0. The third-order valence-electron chi connectivity index (χ3n) is 10.7. The van der Waals surface area contributed by atoms with E-state index in [1.54, 1.807) is 0 Å². The zero-order chi connectivity index (χ0) is 35.6. The molecule has 0 atom stereocenters. The maximum Gasteiger partial charge on any atom is 0.160 e. The second kappa shape index (κ2) is 12.1. The fourth-order valence-corrected chi connectivity index (χ4v) is 8.24. The van der Waals surface area contributed by atoms with Crippen molar-refractivity contribution in [3.63, 3.8) is 0 Å². The normalized spacial score (nSPS) is 11.7. The van der Waals surface area contributed by atoms with Gasteiger partial charge in [-0.1, -0.05) is 133 Å². The molecule has 3 heterocycles. The Hall–Kier alpha value is -7.30. The van der Waals surface area contributed by atoms with Gasteiger partial charge >= 0.3 is 0 Å². The van der Waals surface area contributed by atoms with E-state index >= 15 is 0 Å².